The predicted octanol–water partition coefficient (Wildman–Crippen LogP) is 4.35. The summed E-state index contributed by atoms with van der Waals surface area (Å²) in [7, 11) is 0. The molecule has 0 aromatic heterocycles. The van der Waals surface area contributed by atoms with Crippen LogP contribution in [-0.2, 0) is 0 Å². The summed E-state index contributed by atoms with van der Waals surface area (Å²) in [5, 5.41) is 8.99. The van der Waals surface area contributed by atoms with Gasteiger partial charge in [0.25, 0.3) is 0 Å². The lowest BCUT2D eigenvalue weighted by molar-refractivity contribution is 0.170. The van der Waals surface area contributed by atoms with Gasteiger partial charge in [0.1, 0.15) is 0 Å². The van der Waals surface area contributed by atoms with Crippen LogP contribution in [0.15, 0.2) is 54.6 Å². The molecule has 0 spiro atoms. The molecule has 2 nitrogen and oxygen atoms in total. The smallest absolute Gasteiger partial charge is 0.0352 e. The van der Waals surface area contributed by atoms with E-state index >= 15 is 0 Å². The highest BCUT2D eigenvalue weighted by Gasteiger charge is 2.22. The Bertz CT molecular complexity index is 818. The second kappa shape index (κ2) is 6.31. The molecule has 0 bridgehead atoms. The highest BCUT2D eigenvalue weighted by molar-refractivity contribution is 6.09. The third-order valence-electron chi connectivity index (χ3n) is 5.14. The maximum Gasteiger partial charge on any atom is 0.0352 e. The number of nitrogens with one attached hydrogen (secondary N) is 1. The molecule has 118 valence electrons. The van der Waals surface area contributed by atoms with Crippen LogP contribution in [0.25, 0.3) is 21.5 Å². The molecule has 0 saturated carbocycles. The highest BCUT2D eigenvalue weighted by Crippen LogP contribution is 2.35. The first-order chi connectivity index (χ1) is 11.4. The van der Waals surface area contributed by atoms with Gasteiger partial charge in [-0.05, 0) is 39.6 Å². The van der Waals surface area contributed by atoms with Crippen molar-refractivity contribution >= 4 is 21.5 Å². The molecule has 1 aliphatic heterocycles. The van der Waals surface area contributed by atoms with Crippen LogP contribution >= 0.6 is 0 Å². The highest BCUT2D eigenvalue weighted by atomic mass is 15.2. The summed E-state index contributed by atoms with van der Waals surface area (Å²) in [6.45, 7) is 6.79. The Morgan fingerprint density at radius 2 is 1.57 bits per heavy atom. The standard InChI is InChI=1S/C21H24N2/c1-2-21(23-13-11-22-12-14-23)20-15-16-7-3-4-8-17(16)18-9-5-6-10-19(18)20/h3-10,15,21-22H,2,11-14H2,1H3/t21-/m0/s1. The van der Waals surface area contributed by atoms with Gasteiger partial charge in [0.2, 0.25) is 0 Å². The first kappa shape index (κ1) is 14.7. The molecule has 2 heteroatoms. The monoisotopic (exact) mass is 304 g/mol. The van der Waals surface area contributed by atoms with Crippen LogP contribution in [0, 0.1) is 0 Å². The summed E-state index contributed by atoms with van der Waals surface area (Å²) in [6.07, 6.45) is 1.16. The minimum Gasteiger partial charge on any atom is -0.314 e. The summed E-state index contributed by atoms with van der Waals surface area (Å²) < 4.78 is 0. The van der Waals surface area contributed by atoms with E-state index in [1.54, 1.807) is 0 Å². The lowest BCUT2D eigenvalue weighted by Crippen LogP contribution is -2.45. The number of piperazine rings is 1. The molecule has 1 heterocycles. The quantitative estimate of drug-likeness (QED) is 0.724. The van der Waals surface area contributed by atoms with Crippen molar-refractivity contribution in [2.75, 3.05) is 26.2 Å². The maximum absolute atomic E-state index is 3.47. The van der Waals surface area contributed by atoms with Gasteiger partial charge in [0.05, 0.1) is 0 Å². The van der Waals surface area contributed by atoms with Gasteiger partial charge in [0, 0.05) is 32.2 Å². The van der Waals surface area contributed by atoms with Crippen LogP contribution in [0.3, 0.4) is 0 Å². The fourth-order valence-corrected chi connectivity index (χ4v) is 4.03. The van der Waals surface area contributed by atoms with Crippen LogP contribution in [0.1, 0.15) is 24.9 Å². The van der Waals surface area contributed by atoms with E-state index in [2.05, 4.69) is 71.7 Å². The molecule has 0 unspecified atom stereocenters. The van der Waals surface area contributed by atoms with Crippen molar-refractivity contribution in [1.82, 2.24) is 10.2 Å². The predicted molar refractivity (Wildman–Crippen MR) is 98.9 cm³/mol. The third kappa shape index (κ3) is 2.62. The van der Waals surface area contributed by atoms with E-state index in [9.17, 15) is 0 Å². The lowest BCUT2D eigenvalue weighted by Gasteiger charge is -2.35. The zero-order chi connectivity index (χ0) is 15.6. The molecular formula is C21H24N2. The Kier molecular flexibility index (Phi) is 4.02. The largest absolute Gasteiger partial charge is 0.314 e. The van der Waals surface area contributed by atoms with Crippen molar-refractivity contribution < 1.29 is 0 Å². The van der Waals surface area contributed by atoms with E-state index in [1.165, 1.54) is 27.1 Å². The van der Waals surface area contributed by atoms with Gasteiger partial charge in [-0.3, -0.25) is 4.90 Å². The lowest BCUT2D eigenvalue weighted by atomic mass is 9.91. The minimum absolute atomic E-state index is 0.506. The van der Waals surface area contributed by atoms with Crippen molar-refractivity contribution in [3.8, 4) is 0 Å². The Morgan fingerprint density at radius 1 is 0.913 bits per heavy atom. The zero-order valence-corrected chi connectivity index (χ0v) is 13.8. The molecule has 1 N–H and O–H groups in total. The van der Waals surface area contributed by atoms with Gasteiger partial charge in [-0.2, -0.15) is 0 Å². The Balaban J connectivity index is 1.92. The van der Waals surface area contributed by atoms with Crippen LogP contribution in [0.2, 0.25) is 0 Å². The summed E-state index contributed by atoms with van der Waals surface area (Å²) in [6, 6.07) is 20.6. The summed E-state index contributed by atoms with van der Waals surface area (Å²) in [4.78, 5) is 2.65. The summed E-state index contributed by atoms with van der Waals surface area (Å²) >= 11 is 0. The number of rotatable bonds is 3. The molecule has 1 aliphatic rings. The van der Waals surface area contributed by atoms with Crippen molar-refractivity contribution in [2.45, 2.75) is 19.4 Å². The van der Waals surface area contributed by atoms with Gasteiger partial charge in [-0.15, -0.1) is 0 Å². The Morgan fingerprint density at radius 3 is 2.30 bits per heavy atom. The van der Waals surface area contributed by atoms with Crippen molar-refractivity contribution in [3.05, 3.63) is 60.2 Å². The van der Waals surface area contributed by atoms with E-state index < -0.39 is 0 Å². The van der Waals surface area contributed by atoms with E-state index in [-0.39, 0.29) is 0 Å². The van der Waals surface area contributed by atoms with Crippen molar-refractivity contribution in [3.63, 3.8) is 0 Å². The average molecular weight is 304 g/mol. The fraction of sp³-hybridized carbons (Fsp3) is 0.333. The van der Waals surface area contributed by atoms with Gasteiger partial charge < -0.3 is 5.32 Å². The summed E-state index contributed by atoms with van der Waals surface area (Å²) in [5.74, 6) is 0. The first-order valence-corrected chi connectivity index (χ1v) is 8.73. The fourth-order valence-electron chi connectivity index (χ4n) is 4.03. The average Bonchev–Trinajstić information content (AvgIpc) is 2.63. The second-order valence-corrected chi connectivity index (χ2v) is 6.44. The van der Waals surface area contributed by atoms with Gasteiger partial charge in [-0.1, -0.05) is 55.5 Å². The van der Waals surface area contributed by atoms with E-state index in [4.69, 9.17) is 0 Å². The van der Waals surface area contributed by atoms with Crippen LogP contribution in [0.4, 0.5) is 0 Å². The van der Waals surface area contributed by atoms with Gasteiger partial charge >= 0.3 is 0 Å². The van der Waals surface area contributed by atoms with E-state index in [0.717, 1.165) is 32.6 Å². The van der Waals surface area contributed by atoms with Crippen molar-refractivity contribution in [2.24, 2.45) is 0 Å². The molecule has 0 aliphatic carbocycles. The molecule has 1 saturated heterocycles. The number of hydrogen-bond donors (Lipinski definition) is 1. The summed E-state index contributed by atoms with van der Waals surface area (Å²) in [5.41, 5.74) is 1.49. The molecule has 0 radical (unpaired) electrons. The minimum atomic E-state index is 0.506. The molecule has 4 rings (SSSR count). The van der Waals surface area contributed by atoms with Crippen LogP contribution in [0.5, 0.6) is 0 Å². The Labute approximate surface area is 138 Å². The van der Waals surface area contributed by atoms with E-state index in [0.29, 0.717) is 6.04 Å². The maximum atomic E-state index is 3.47. The molecule has 23 heavy (non-hydrogen) atoms. The van der Waals surface area contributed by atoms with Gasteiger partial charge in [0.15, 0.2) is 0 Å². The number of nitrogens with zero attached hydrogens (tertiary/aromatic N) is 1. The number of fused-ring (bicyclic) bond motifs is 3. The molecular weight excluding hydrogens is 280 g/mol. The van der Waals surface area contributed by atoms with Crippen molar-refractivity contribution in [1.29, 1.82) is 0 Å². The zero-order valence-electron chi connectivity index (χ0n) is 13.8. The normalized spacial score (nSPS) is 17.6. The SMILES string of the molecule is CC[C@@H](c1cc2ccccc2c2ccccc12)N1CCNCC1. The molecule has 3 aromatic rings. The molecule has 3 aromatic carbocycles. The number of benzene rings is 3. The Hall–Kier alpha value is -1.90. The molecule has 1 fully saturated rings. The van der Waals surface area contributed by atoms with Gasteiger partial charge in [-0.25, -0.2) is 0 Å². The molecule has 0 amide bonds. The molecule has 1 atom stereocenters. The van der Waals surface area contributed by atoms with Crippen LogP contribution < -0.4 is 5.32 Å². The second-order valence-electron chi connectivity index (χ2n) is 6.44. The topological polar surface area (TPSA) is 15.3 Å². The van der Waals surface area contributed by atoms with E-state index in [1.807, 2.05) is 0 Å². The van der Waals surface area contributed by atoms with Crippen LogP contribution in [-0.4, -0.2) is 31.1 Å². The first-order valence-electron chi connectivity index (χ1n) is 8.73. The third-order valence-corrected chi connectivity index (χ3v) is 5.14. The number of hydrogen-bond acceptors (Lipinski definition) is 2.